The Bertz CT molecular complexity index is 653. The van der Waals surface area contributed by atoms with E-state index in [1.54, 1.807) is 18.7 Å². The normalized spacial score (nSPS) is 34.7. The standard InChI is InChI=1S/C18H25N3O2/c1-10-15(11(2)21(3)20-10)16(22)17(23)19-18-7-12-4-13(8-18)6-14(5-12)9-18/h12-14H,4-9H2,1-3H3,(H,19,23). The second kappa shape index (κ2) is 4.92. The second-order valence-corrected chi connectivity index (χ2v) is 8.15. The van der Waals surface area contributed by atoms with Crippen LogP contribution in [0.15, 0.2) is 0 Å². The number of ketones is 1. The van der Waals surface area contributed by atoms with Gasteiger partial charge in [0.1, 0.15) is 0 Å². The van der Waals surface area contributed by atoms with Crippen molar-refractivity contribution in [3.8, 4) is 0 Å². The Balaban J connectivity index is 1.55. The van der Waals surface area contributed by atoms with Gasteiger partial charge in [-0.2, -0.15) is 5.10 Å². The molecule has 1 heterocycles. The Kier molecular flexibility index (Phi) is 3.19. The number of aromatic nitrogens is 2. The smallest absolute Gasteiger partial charge is 0.292 e. The number of nitrogens with zero attached hydrogens (tertiary/aromatic N) is 2. The molecule has 0 spiro atoms. The third-order valence-electron chi connectivity index (χ3n) is 6.36. The molecule has 124 valence electrons. The third kappa shape index (κ3) is 2.32. The molecule has 0 saturated heterocycles. The summed E-state index contributed by atoms with van der Waals surface area (Å²) in [6, 6.07) is 0. The quantitative estimate of drug-likeness (QED) is 0.687. The molecule has 4 bridgehead atoms. The summed E-state index contributed by atoms with van der Waals surface area (Å²) in [4.78, 5) is 25.3. The minimum atomic E-state index is -0.439. The van der Waals surface area contributed by atoms with Gasteiger partial charge >= 0.3 is 0 Å². The maximum Gasteiger partial charge on any atom is 0.292 e. The zero-order valence-electron chi connectivity index (χ0n) is 14.2. The number of hydrogen-bond acceptors (Lipinski definition) is 3. The Morgan fingerprint density at radius 3 is 2.04 bits per heavy atom. The number of carbonyl (C=O) groups excluding carboxylic acids is 2. The van der Waals surface area contributed by atoms with Crippen LogP contribution in [0.1, 0.15) is 60.3 Å². The second-order valence-electron chi connectivity index (χ2n) is 8.15. The predicted octanol–water partition coefficient (Wildman–Crippen LogP) is 2.30. The Morgan fingerprint density at radius 1 is 1.09 bits per heavy atom. The van der Waals surface area contributed by atoms with Gasteiger partial charge in [0, 0.05) is 18.3 Å². The fourth-order valence-electron chi connectivity index (χ4n) is 5.78. The lowest BCUT2D eigenvalue weighted by Crippen LogP contribution is -2.60. The topological polar surface area (TPSA) is 64.0 Å². The van der Waals surface area contributed by atoms with Gasteiger partial charge in [-0.05, 0) is 70.1 Å². The molecule has 5 heteroatoms. The van der Waals surface area contributed by atoms with Gasteiger partial charge in [0.15, 0.2) is 0 Å². The molecule has 1 aromatic rings. The van der Waals surface area contributed by atoms with Crippen molar-refractivity contribution >= 4 is 11.7 Å². The first-order valence-corrected chi connectivity index (χ1v) is 8.74. The zero-order chi connectivity index (χ0) is 16.4. The van der Waals surface area contributed by atoms with Crippen molar-refractivity contribution in [1.29, 1.82) is 0 Å². The van der Waals surface area contributed by atoms with Crippen molar-refractivity contribution in [2.24, 2.45) is 24.8 Å². The molecule has 5 rings (SSSR count). The van der Waals surface area contributed by atoms with E-state index < -0.39 is 11.7 Å². The van der Waals surface area contributed by atoms with Crippen LogP contribution in [-0.2, 0) is 11.8 Å². The molecule has 0 aromatic carbocycles. The monoisotopic (exact) mass is 315 g/mol. The summed E-state index contributed by atoms with van der Waals surface area (Å²) in [5.41, 5.74) is 1.74. The van der Waals surface area contributed by atoms with E-state index in [0.29, 0.717) is 11.3 Å². The summed E-state index contributed by atoms with van der Waals surface area (Å²) < 4.78 is 1.67. The van der Waals surface area contributed by atoms with E-state index in [1.807, 2.05) is 6.92 Å². The average Bonchev–Trinajstić information content (AvgIpc) is 2.69. The lowest BCUT2D eigenvalue weighted by atomic mass is 9.53. The average molecular weight is 315 g/mol. The van der Waals surface area contributed by atoms with E-state index >= 15 is 0 Å². The van der Waals surface area contributed by atoms with E-state index in [0.717, 1.165) is 42.7 Å². The van der Waals surface area contributed by atoms with Gasteiger partial charge in [0.25, 0.3) is 11.7 Å². The van der Waals surface area contributed by atoms with Crippen LogP contribution in [0.4, 0.5) is 0 Å². The van der Waals surface area contributed by atoms with E-state index in [-0.39, 0.29) is 5.54 Å². The van der Waals surface area contributed by atoms with Crippen molar-refractivity contribution < 1.29 is 9.59 Å². The molecule has 4 aliphatic carbocycles. The fraction of sp³-hybridized carbons (Fsp3) is 0.722. The zero-order valence-corrected chi connectivity index (χ0v) is 14.2. The summed E-state index contributed by atoms with van der Waals surface area (Å²) in [5, 5.41) is 7.42. The molecule has 23 heavy (non-hydrogen) atoms. The lowest BCUT2D eigenvalue weighted by molar-refractivity contribution is -0.122. The van der Waals surface area contributed by atoms with Crippen molar-refractivity contribution in [1.82, 2.24) is 15.1 Å². The minimum absolute atomic E-state index is 0.120. The molecule has 1 aromatic heterocycles. The molecule has 1 N–H and O–H groups in total. The van der Waals surface area contributed by atoms with Crippen molar-refractivity contribution in [2.75, 3.05) is 0 Å². The largest absolute Gasteiger partial charge is 0.344 e. The molecule has 4 fully saturated rings. The van der Waals surface area contributed by atoms with Crippen LogP contribution in [0.5, 0.6) is 0 Å². The van der Waals surface area contributed by atoms with E-state index in [4.69, 9.17) is 0 Å². The first kappa shape index (κ1) is 14.9. The molecular formula is C18H25N3O2. The van der Waals surface area contributed by atoms with Crippen LogP contribution in [-0.4, -0.2) is 27.0 Å². The molecule has 0 aliphatic heterocycles. The minimum Gasteiger partial charge on any atom is -0.344 e. The highest BCUT2D eigenvalue weighted by Crippen LogP contribution is 2.55. The number of aryl methyl sites for hydroxylation is 2. The first-order valence-electron chi connectivity index (χ1n) is 8.74. The van der Waals surface area contributed by atoms with Gasteiger partial charge in [-0.3, -0.25) is 14.3 Å². The summed E-state index contributed by atoms with van der Waals surface area (Å²) in [7, 11) is 1.80. The van der Waals surface area contributed by atoms with Crippen LogP contribution < -0.4 is 5.32 Å². The molecular weight excluding hydrogens is 290 g/mol. The number of carbonyl (C=O) groups is 2. The van der Waals surface area contributed by atoms with Crippen LogP contribution in [0, 0.1) is 31.6 Å². The van der Waals surface area contributed by atoms with Gasteiger partial charge in [-0.1, -0.05) is 0 Å². The lowest BCUT2D eigenvalue weighted by Gasteiger charge is -2.56. The Labute approximate surface area is 136 Å². The van der Waals surface area contributed by atoms with Crippen LogP contribution in [0.25, 0.3) is 0 Å². The van der Waals surface area contributed by atoms with Gasteiger partial charge in [0.2, 0.25) is 0 Å². The summed E-state index contributed by atoms with van der Waals surface area (Å²) in [6.45, 7) is 3.63. The van der Waals surface area contributed by atoms with E-state index in [9.17, 15) is 9.59 Å². The number of rotatable bonds is 3. The number of hydrogen-bond donors (Lipinski definition) is 1. The predicted molar refractivity (Wildman–Crippen MR) is 86.1 cm³/mol. The van der Waals surface area contributed by atoms with Gasteiger partial charge in [-0.15, -0.1) is 0 Å². The molecule has 0 atom stereocenters. The molecule has 0 unspecified atom stereocenters. The van der Waals surface area contributed by atoms with E-state index in [1.165, 1.54) is 19.3 Å². The number of nitrogens with one attached hydrogen (secondary N) is 1. The molecule has 4 saturated carbocycles. The third-order valence-corrected chi connectivity index (χ3v) is 6.36. The summed E-state index contributed by atoms with van der Waals surface area (Å²) >= 11 is 0. The Morgan fingerprint density at radius 2 is 1.61 bits per heavy atom. The van der Waals surface area contributed by atoms with Crippen molar-refractivity contribution in [2.45, 2.75) is 57.9 Å². The molecule has 5 nitrogen and oxygen atoms in total. The maximum absolute atomic E-state index is 12.7. The number of Topliss-reactive ketones (excluding diaryl/α,β-unsaturated/α-hetero) is 1. The van der Waals surface area contributed by atoms with Crippen LogP contribution >= 0.6 is 0 Å². The van der Waals surface area contributed by atoms with Crippen LogP contribution in [0.3, 0.4) is 0 Å². The molecule has 4 aliphatic rings. The highest BCUT2D eigenvalue weighted by atomic mass is 16.2. The van der Waals surface area contributed by atoms with Gasteiger partial charge < -0.3 is 5.32 Å². The highest BCUT2D eigenvalue weighted by Gasteiger charge is 2.52. The highest BCUT2D eigenvalue weighted by molar-refractivity contribution is 6.43. The van der Waals surface area contributed by atoms with Crippen LogP contribution in [0.2, 0.25) is 0 Å². The fourth-order valence-corrected chi connectivity index (χ4v) is 5.78. The maximum atomic E-state index is 12.7. The van der Waals surface area contributed by atoms with Crippen molar-refractivity contribution in [3.05, 3.63) is 17.0 Å². The Hall–Kier alpha value is -1.65. The molecule has 0 radical (unpaired) electrons. The van der Waals surface area contributed by atoms with Gasteiger partial charge in [0.05, 0.1) is 11.3 Å². The van der Waals surface area contributed by atoms with Crippen molar-refractivity contribution in [3.63, 3.8) is 0 Å². The van der Waals surface area contributed by atoms with Gasteiger partial charge in [-0.25, -0.2) is 0 Å². The first-order chi connectivity index (χ1) is 10.9. The summed E-state index contributed by atoms with van der Waals surface area (Å²) in [5.74, 6) is 1.38. The SMILES string of the molecule is Cc1nn(C)c(C)c1C(=O)C(=O)NC12CC3CC(CC(C3)C1)C2. The summed E-state index contributed by atoms with van der Waals surface area (Å²) in [6.07, 6.45) is 7.15. The number of amides is 1. The molecule has 1 amide bonds. The van der Waals surface area contributed by atoms with E-state index in [2.05, 4.69) is 10.4 Å².